The minimum Gasteiger partial charge on any atom is -0.493 e. The highest BCUT2D eigenvalue weighted by Gasteiger charge is 2.36. The lowest BCUT2D eigenvalue weighted by molar-refractivity contribution is 0.0660. The first kappa shape index (κ1) is 29.2. The van der Waals surface area contributed by atoms with Crippen LogP contribution in [-0.2, 0) is 17.9 Å². The molecule has 1 unspecified atom stereocenters. The van der Waals surface area contributed by atoms with Crippen molar-refractivity contribution in [3.05, 3.63) is 87.9 Å². The molecule has 0 bridgehead atoms. The second-order valence-electron chi connectivity index (χ2n) is 10.6. The van der Waals surface area contributed by atoms with Crippen LogP contribution in [0.2, 0.25) is 5.02 Å². The van der Waals surface area contributed by atoms with E-state index in [1.165, 1.54) is 5.69 Å². The number of fused-ring (bicyclic) bond motifs is 1. The monoisotopic (exact) mass is 577 g/mol. The quantitative estimate of drug-likeness (QED) is 0.239. The lowest BCUT2D eigenvalue weighted by atomic mass is 9.99. The van der Waals surface area contributed by atoms with Crippen LogP contribution in [-0.4, -0.2) is 69.3 Å². The fourth-order valence-corrected chi connectivity index (χ4v) is 6.12. The highest BCUT2D eigenvalue weighted by atomic mass is 35.5. The van der Waals surface area contributed by atoms with Gasteiger partial charge in [0.1, 0.15) is 0 Å². The molecule has 7 nitrogen and oxygen atoms in total. The Labute approximate surface area is 248 Å². The summed E-state index contributed by atoms with van der Waals surface area (Å²) in [4.78, 5) is 20.9. The van der Waals surface area contributed by atoms with Gasteiger partial charge in [0.2, 0.25) is 0 Å². The Kier molecular flexibility index (Phi) is 9.70. The summed E-state index contributed by atoms with van der Waals surface area (Å²) in [7, 11) is 3.27. The number of methoxy groups -OCH3 is 2. The number of amides is 1. The fraction of sp³-hybridized carbons (Fsp3) is 0.424. The molecule has 1 amide bonds. The van der Waals surface area contributed by atoms with Gasteiger partial charge in [0.05, 0.1) is 26.9 Å². The molecule has 3 aromatic rings. The van der Waals surface area contributed by atoms with Crippen LogP contribution in [0.15, 0.2) is 60.7 Å². The van der Waals surface area contributed by atoms with Crippen LogP contribution in [0, 0.1) is 0 Å². The highest BCUT2D eigenvalue weighted by molar-refractivity contribution is 6.31. The second-order valence-corrected chi connectivity index (χ2v) is 11.0. The third-order valence-corrected chi connectivity index (χ3v) is 8.65. The first-order valence-corrected chi connectivity index (χ1v) is 14.8. The third-order valence-electron chi connectivity index (χ3n) is 8.28. The van der Waals surface area contributed by atoms with Crippen molar-refractivity contribution in [3.8, 4) is 11.5 Å². The number of carbonyl (C=O) groups is 1. The van der Waals surface area contributed by atoms with E-state index >= 15 is 0 Å². The molecule has 1 saturated heterocycles. The van der Waals surface area contributed by atoms with Gasteiger partial charge in [0, 0.05) is 61.2 Å². The molecule has 1 atom stereocenters. The number of hydrogen-bond acceptors (Lipinski definition) is 6. The number of halogens is 1. The van der Waals surface area contributed by atoms with Crippen molar-refractivity contribution in [2.45, 2.75) is 39.0 Å². The molecule has 0 aromatic heterocycles. The fourth-order valence-electron chi connectivity index (χ4n) is 5.93. The van der Waals surface area contributed by atoms with Crippen molar-refractivity contribution >= 4 is 23.2 Å². The van der Waals surface area contributed by atoms with Gasteiger partial charge in [-0.1, -0.05) is 48.9 Å². The summed E-state index contributed by atoms with van der Waals surface area (Å²) >= 11 is 6.30. The van der Waals surface area contributed by atoms with Gasteiger partial charge in [-0.2, -0.15) is 0 Å². The molecule has 3 aromatic carbocycles. The minimum absolute atomic E-state index is 0.0748. The molecule has 0 N–H and O–H groups in total. The SMILES string of the molecule is CCN1CCN(c2cccc3c2CN(C(CCCOCc2ccccc2Cl)c2ccc(OC)c(OC)c2)C3=O)CC1. The Morgan fingerprint density at radius 1 is 0.927 bits per heavy atom. The van der Waals surface area contributed by atoms with Gasteiger partial charge in [0.25, 0.3) is 5.91 Å². The van der Waals surface area contributed by atoms with Crippen molar-refractivity contribution in [3.63, 3.8) is 0 Å². The van der Waals surface area contributed by atoms with Crippen LogP contribution >= 0.6 is 11.6 Å². The Balaban J connectivity index is 1.35. The summed E-state index contributed by atoms with van der Waals surface area (Å²) in [5, 5.41) is 0.711. The standard InChI is InChI=1S/C33H40ClN3O4/c1-4-35-16-18-36(19-17-35)30-12-7-10-26-27(30)22-37(33(26)38)29(24-14-15-31(39-2)32(21-24)40-3)13-8-20-41-23-25-9-5-6-11-28(25)34/h5-7,9-12,14-15,21,29H,4,8,13,16-20,22-23H2,1-3H3. The number of likely N-dealkylation sites (N-methyl/N-ethyl adjacent to an activating group) is 1. The number of ether oxygens (including phenoxy) is 3. The zero-order valence-corrected chi connectivity index (χ0v) is 25.0. The highest BCUT2D eigenvalue weighted by Crippen LogP contribution is 2.40. The molecule has 5 rings (SSSR count). The van der Waals surface area contributed by atoms with Crippen LogP contribution in [0.5, 0.6) is 11.5 Å². The number of nitrogens with zero attached hydrogens (tertiary/aromatic N) is 3. The second kappa shape index (κ2) is 13.6. The summed E-state index contributed by atoms with van der Waals surface area (Å²) in [6, 6.07) is 19.7. The largest absolute Gasteiger partial charge is 0.493 e. The van der Waals surface area contributed by atoms with Crippen LogP contribution in [0.3, 0.4) is 0 Å². The lowest BCUT2D eigenvalue weighted by Gasteiger charge is -2.36. The number of benzene rings is 3. The van der Waals surface area contributed by atoms with Crippen molar-refractivity contribution in [1.29, 1.82) is 0 Å². The molecular formula is C33H40ClN3O4. The van der Waals surface area contributed by atoms with Crippen molar-refractivity contribution in [1.82, 2.24) is 9.80 Å². The molecule has 2 aliphatic rings. The Hall–Kier alpha value is -3.26. The van der Waals surface area contributed by atoms with E-state index in [4.69, 9.17) is 25.8 Å². The van der Waals surface area contributed by atoms with Gasteiger partial charge in [0.15, 0.2) is 11.5 Å². The minimum atomic E-state index is -0.136. The summed E-state index contributed by atoms with van der Waals surface area (Å²) in [5.74, 6) is 1.40. The Morgan fingerprint density at radius 2 is 1.71 bits per heavy atom. The van der Waals surface area contributed by atoms with Crippen molar-refractivity contribution in [2.75, 3.05) is 58.5 Å². The summed E-state index contributed by atoms with van der Waals surface area (Å²) < 4.78 is 17.1. The summed E-state index contributed by atoms with van der Waals surface area (Å²) in [5.41, 5.74) is 5.11. The maximum Gasteiger partial charge on any atom is 0.255 e. The van der Waals surface area contributed by atoms with Gasteiger partial charge >= 0.3 is 0 Å². The van der Waals surface area contributed by atoms with E-state index < -0.39 is 0 Å². The Morgan fingerprint density at radius 3 is 2.44 bits per heavy atom. The number of carbonyl (C=O) groups excluding carboxylic acids is 1. The van der Waals surface area contributed by atoms with E-state index in [0.29, 0.717) is 36.3 Å². The number of anilines is 1. The molecule has 0 spiro atoms. The smallest absolute Gasteiger partial charge is 0.255 e. The van der Waals surface area contributed by atoms with Gasteiger partial charge in [-0.05, 0) is 60.8 Å². The first-order chi connectivity index (χ1) is 20.0. The zero-order valence-electron chi connectivity index (χ0n) is 24.3. The van der Waals surface area contributed by atoms with Gasteiger partial charge in [-0.25, -0.2) is 0 Å². The van der Waals surface area contributed by atoms with E-state index in [2.05, 4.69) is 22.8 Å². The Bertz CT molecular complexity index is 1340. The predicted molar refractivity (Wildman–Crippen MR) is 163 cm³/mol. The molecule has 0 aliphatic carbocycles. The molecule has 41 heavy (non-hydrogen) atoms. The number of hydrogen-bond donors (Lipinski definition) is 0. The predicted octanol–water partition coefficient (Wildman–Crippen LogP) is 6.19. The first-order valence-electron chi connectivity index (χ1n) is 14.5. The average molecular weight is 578 g/mol. The molecule has 2 aliphatic heterocycles. The van der Waals surface area contributed by atoms with Crippen LogP contribution < -0.4 is 14.4 Å². The van der Waals surface area contributed by atoms with E-state index in [-0.39, 0.29) is 11.9 Å². The van der Waals surface area contributed by atoms with Gasteiger partial charge < -0.3 is 28.9 Å². The molecule has 8 heteroatoms. The average Bonchev–Trinajstić information content (AvgIpc) is 3.35. The number of rotatable bonds is 12. The number of piperazine rings is 1. The molecule has 218 valence electrons. The lowest BCUT2D eigenvalue weighted by Crippen LogP contribution is -2.46. The molecule has 1 fully saturated rings. The van der Waals surface area contributed by atoms with Gasteiger partial charge in [-0.3, -0.25) is 4.79 Å². The van der Waals surface area contributed by atoms with Crippen molar-refractivity contribution in [2.24, 2.45) is 0 Å². The van der Waals surface area contributed by atoms with Gasteiger partial charge in [-0.15, -0.1) is 0 Å². The van der Waals surface area contributed by atoms with Crippen LogP contribution in [0.25, 0.3) is 0 Å². The normalized spacial score (nSPS) is 16.1. The van der Waals surface area contributed by atoms with E-state index in [1.807, 2.05) is 59.5 Å². The topological polar surface area (TPSA) is 54.5 Å². The van der Waals surface area contributed by atoms with Crippen LogP contribution in [0.4, 0.5) is 5.69 Å². The summed E-state index contributed by atoms with van der Waals surface area (Å²) in [6.07, 6.45) is 1.54. The maximum atomic E-state index is 13.9. The molecular weight excluding hydrogens is 538 g/mol. The maximum absolute atomic E-state index is 13.9. The van der Waals surface area contributed by atoms with E-state index in [0.717, 1.165) is 67.8 Å². The molecule has 0 radical (unpaired) electrons. The van der Waals surface area contributed by atoms with Crippen LogP contribution in [0.1, 0.15) is 52.9 Å². The zero-order chi connectivity index (χ0) is 28.8. The van der Waals surface area contributed by atoms with Crippen molar-refractivity contribution < 1.29 is 19.0 Å². The molecule has 0 saturated carbocycles. The van der Waals surface area contributed by atoms with E-state index in [9.17, 15) is 4.79 Å². The third kappa shape index (κ3) is 6.48. The molecule has 2 heterocycles. The van der Waals surface area contributed by atoms with E-state index in [1.54, 1.807) is 14.2 Å². The summed E-state index contributed by atoms with van der Waals surface area (Å²) in [6.45, 7) is 8.92.